The average molecular weight is 320 g/mol. The Morgan fingerprint density at radius 1 is 1.48 bits per heavy atom. The lowest BCUT2D eigenvalue weighted by atomic mass is 10.2. The summed E-state index contributed by atoms with van der Waals surface area (Å²) in [4.78, 5) is 14.6. The van der Waals surface area contributed by atoms with E-state index in [2.05, 4.69) is 17.1 Å². The SMILES string of the molecule is CCN1CCCC1CNC(=O)C(C)OCc1cccc(OC)c1. The Morgan fingerprint density at radius 3 is 3.04 bits per heavy atom. The van der Waals surface area contributed by atoms with Gasteiger partial charge in [0, 0.05) is 12.6 Å². The molecule has 5 nitrogen and oxygen atoms in total. The number of likely N-dealkylation sites (tertiary alicyclic amines) is 1. The van der Waals surface area contributed by atoms with E-state index in [9.17, 15) is 4.79 Å². The van der Waals surface area contributed by atoms with E-state index in [1.807, 2.05) is 24.3 Å². The summed E-state index contributed by atoms with van der Waals surface area (Å²) in [5.41, 5.74) is 0.997. The molecule has 0 aromatic heterocycles. The number of nitrogens with one attached hydrogen (secondary N) is 1. The number of hydrogen-bond acceptors (Lipinski definition) is 4. The number of nitrogens with zero attached hydrogens (tertiary/aromatic N) is 1. The summed E-state index contributed by atoms with van der Waals surface area (Å²) in [6, 6.07) is 8.16. The number of carbonyl (C=O) groups is 1. The first-order valence-corrected chi connectivity index (χ1v) is 8.40. The van der Waals surface area contributed by atoms with Crippen LogP contribution in [0.1, 0.15) is 32.3 Å². The number of amides is 1. The highest BCUT2D eigenvalue weighted by molar-refractivity contribution is 5.80. The Bertz CT molecular complexity index is 507. The lowest BCUT2D eigenvalue weighted by Crippen LogP contribution is -2.43. The minimum absolute atomic E-state index is 0.0455. The summed E-state index contributed by atoms with van der Waals surface area (Å²) in [6.07, 6.45) is 1.92. The maximum absolute atomic E-state index is 12.2. The highest BCUT2D eigenvalue weighted by atomic mass is 16.5. The molecule has 1 N–H and O–H groups in total. The predicted octanol–water partition coefficient (Wildman–Crippen LogP) is 2.20. The highest BCUT2D eigenvalue weighted by Crippen LogP contribution is 2.16. The van der Waals surface area contributed by atoms with Crippen molar-refractivity contribution in [2.24, 2.45) is 0 Å². The van der Waals surface area contributed by atoms with E-state index in [1.54, 1.807) is 14.0 Å². The lowest BCUT2D eigenvalue weighted by Gasteiger charge is -2.23. The van der Waals surface area contributed by atoms with Crippen LogP contribution in [-0.4, -0.2) is 49.7 Å². The van der Waals surface area contributed by atoms with Gasteiger partial charge in [-0.2, -0.15) is 0 Å². The molecule has 1 heterocycles. The van der Waals surface area contributed by atoms with E-state index in [4.69, 9.17) is 9.47 Å². The molecule has 1 aromatic carbocycles. The third kappa shape index (κ3) is 5.22. The monoisotopic (exact) mass is 320 g/mol. The Hall–Kier alpha value is -1.59. The fourth-order valence-electron chi connectivity index (χ4n) is 2.96. The molecule has 1 fully saturated rings. The molecule has 0 aliphatic carbocycles. The molecule has 1 amide bonds. The van der Waals surface area contributed by atoms with E-state index in [1.165, 1.54) is 6.42 Å². The first kappa shape index (κ1) is 17.8. The quantitative estimate of drug-likeness (QED) is 0.798. The summed E-state index contributed by atoms with van der Waals surface area (Å²) in [6.45, 7) is 7.25. The molecule has 5 heteroatoms. The van der Waals surface area contributed by atoms with E-state index in [0.29, 0.717) is 19.2 Å². The van der Waals surface area contributed by atoms with Gasteiger partial charge in [-0.25, -0.2) is 0 Å². The van der Waals surface area contributed by atoms with Crippen molar-refractivity contribution in [3.8, 4) is 5.75 Å². The van der Waals surface area contributed by atoms with Crippen LogP contribution in [0.2, 0.25) is 0 Å². The van der Waals surface area contributed by atoms with Crippen molar-refractivity contribution in [1.82, 2.24) is 10.2 Å². The molecule has 0 saturated carbocycles. The number of benzene rings is 1. The Balaban J connectivity index is 1.74. The second-order valence-corrected chi connectivity index (χ2v) is 5.97. The van der Waals surface area contributed by atoms with Gasteiger partial charge in [0.1, 0.15) is 11.9 Å². The van der Waals surface area contributed by atoms with Crippen molar-refractivity contribution in [1.29, 1.82) is 0 Å². The number of likely N-dealkylation sites (N-methyl/N-ethyl adjacent to an activating group) is 1. The maximum Gasteiger partial charge on any atom is 0.248 e. The van der Waals surface area contributed by atoms with E-state index < -0.39 is 6.10 Å². The van der Waals surface area contributed by atoms with Gasteiger partial charge in [-0.3, -0.25) is 9.69 Å². The number of rotatable bonds is 8. The summed E-state index contributed by atoms with van der Waals surface area (Å²) in [5.74, 6) is 0.750. The van der Waals surface area contributed by atoms with Gasteiger partial charge in [0.2, 0.25) is 5.91 Å². The van der Waals surface area contributed by atoms with Crippen molar-refractivity contribution < 1.29 is 14.3 Å². The standard InChI is InChI=1S/C18H28N2O3/c1-4-20-10-6-8-16(20)12-19-18(21)14(2)23-13-15-7-5-9-17(11-15)22-3/h5,7,9,11,14,16H,4,6,8,10,12-13H2,1-3H3,(H,19,21). The number of hydrogen-bond donors (Lipinski definition) is 1. The molecule has 128 valence electrons. The zero-order valence-electron chi connectivity index (χ0n) is 14.4. The molecule has 0 spiro atoms. The molecule has 23 heavy (non-hydrogen) atoms. The van der Waals surface area contributed by atoms with Gasteiger partial charge in [-0.15, -0.1) is 0 Å². The van der Waals surface area contributed by atoms with Gasteiger partial charge < -0.3 is 14.8 Å². The fourth-order valence-corrected chi connectivity index (χ4v) is 2.96. The minimum atomic E-state index is -0.460. The normalized spacial score (nSPS) is 19.5. The van der Waals surface area contributed by atoms with Crippen LogP contribution < -0.4 is 10.1 Å². The van der Waals surface area contributed by atoms with Crippen LogP contribution in [0.4, 0.5) is 0 Å². The van der Waals surface area contributed by atoms with Crippen LogP contribution in [0.15, 0.2) is 24.3 Å². The zero-order valence-corrected chi connectivity index (χ0v) is 14.4. The third-order valence-electron chi connectivity index (χ3n) is 4.42. The Kier molecular flexibility index (Phi) is 6.86. The zero-order chi connectivity index (χ0) is 16.7. The first-order chi connectivity index (χ1) is 11.1. The van der Waals surface area contributed by atoms with Gasteiger partial charge in [0.25, 0.3) is 0 Å². The van der Waals surface area contributed by atoms with Crippen molar-refractivity contribution >= 4 is 5.91 Å². The molecular formula is C18H28N2O3. The van der Waals surface area contributed by atoms with Crippen LogP contribution in [0.25, 0.3) is 0 Å². The van der Waals surface area contributed by atoms with Gasteiger partial charge in [0.05, 0.1) is 13.7 Å². The third-order valence-corrected chi connectivity index (χ3v) is 4.42. The summed E-state index contributed by atoms with van der Waals surface area (Å²) >= 11 is 0. The smallest absolute Gasteiger partial charge is 0.248 e. The van der Waals surface area contributed by atoms with Crippen LogP contribution in [-0.2, 0) is 16.1 Å². The number of methoxy groups -OCH3 is 1. The summed E-state index contributed by atoms with van der Waals surface area (Å²) < 4.78 is 10.9. The molecule has 1 aliphatic heterocycles. The minimum Gasteiger partial charge on any atom is -0.497 e. The molecule has 1 saturated heterocycles. The number of carbonyl (C=O) groups excluding carboxylic acids is 1. The second-order valence-electron chi connectivity index (χ2n) is 5.97. The topological polar surface area (TPSA) is 50.8 Å². The Labute approximate surface area is 139 Å². The van der Waals surface area contributed by atoms with Crippen LogP contribution in [0.3, 0.4) is 0 Å². The van der Waals surface area contributed by atoms with Gasteiger partial charge >= 0.3 is 0 Å². The number of ether oxygens (including phenoxy) is 2. The summed E-state index contributed by atoms with van der Waals surface area (Å²) in [5, 5.41) is 3.02. The van der Waals surface area contributed by atoms with E-state index >= 15 is 0 Å². The molecule has 2 atom stereocenters. The predicted molar refractivity (Wildman–Crippen MR) is 90.5 cm³/mol. The van der Waals surface area contributed by atoms with Gasteiger partial charge in [-0.05, 0) is 50.6 Å². The van der Waals surface area contributed by atoms with Gasteiger partial charge in [-0.1, -0.05) is 19.1 Å². The second kappa shape index (κ2) is 8.89. The van der Waals surface area contributed by atoms with Crippen molar-refractivity contribution in [3.63, 3.8) is 0 Å². The van der Waals surface area contributed by atoms with Crippen molar-refractivity contribution in [2.45, 2.75) is 45.4 Å². The van der Waals surface area contributed by atoms with Gasteiger partial charge in [0.15, 0.2) is 0 Å². The molecule has 1 aromatic rings. The molecule has 2 unspecified atom stereocenters. The molecule has 1 aliphatic rings. The van der Waals surface area contributed by atoms with Crippen molar-refractivity contribution in [3.05, 3.63) is 29.8 Å². The van der Waals surface area contributed by atoms with Crippen LogP contribution in [0.5, 0.6) is 5.75 Å². The Morgan fingerprint density at radius 2 is 2.30 bits per heavy atom. The fraction of sp³-hybridized carbons (Fsp3) is 0.611. The van der Waals surface area contributed by atoms with Crippen molar-refractivity contribution in [2.75, 3.05) is 26.7 Å². The highest BCUT2D eigenvalue weighted by Gasteiger charge is 2.24. The maximum atomic E-state index is 12.2. The molecule has 0 radical (unpaired) electrons. The van der Waals surface area contributed by atoms with Crippen LogP contribution >= 0.6 is 0 Å². The van der Waals surface area contributed by atoms with Crippen LogP contribution in [0, 0.1) is 0 Å². The average Bonchev–Trinajstić information content (AvgIpc) is 3.05. The molecular weight excluding hydrogens is 292 g/mol. The van der Waals surface area contributed by atoms with E-state index in [0.717, 1.165) is 30.8 Å². The lowest BCUT2D eigenvalue weighted by molar-refractivity contribution is -0.132. The largest absolute Gasteiger partial charge is 0.497 e. The molecule has 2 rings (SSSR count). The van der Waals surface area contributed by atoms with E-state index in [-0.39, 0.29) is 5.91 Å². The molecule has 0 bridgehead atoms. The summed E-state index contributed by atoms with van der Waals surface area (Å²) in [7, 11) is 1.64. The first-order valence-electron chi connectivity index (χ1n) is 8.40.